The summed E-state index contributed by atoms with van der Waals surface area (Å²) in [6, 6.07) is 9.99. The van der Waals surface area contributed by atoms with E-state index in [4.69, 9.17) is 13.9 Å². The maximum Gasteiger partial charge on any atom is 0.297 e. The van der Waals surface area contributed by atoms with Gasteiger partial charge >= 0.3 is 0 Å². The molecule has 0 bridgehead atoms. The number of aryl methyl sites for hydroxylation is 1. The molecule has 33 heavy (non-hydrogen) atoms. The highest BCUT2D eigenvalue weighted by atomic mass is 32.1. The quantitative estimate of drug-likeness (QED) is 0.415. The number of hydrogen-bond donors (Lipinski definition) is 0. The second kappa shape index (κ2) is 8.32. The Labute approximate surface area is 193 Å². The number of amides is 1. The summed E-state index contributed by atoms with van der Waals surface area (Å²) in [5.74, 6) is 0.690. The number of aromatic nitrogens is 2. The fourth-order valence-electron chi connectivity index (χ4n) is 4.06. The second-order valence-corrected chi connectivity index (χ2v) is 8.54. The predicted molar refractivity (Wildman–Crippen MR) is 125 cm³/mol. The average molecular weight is 464 g/mol. The van der Waals surface area contributed by atoms with E-state index in [1.807, 2.05) is 26.0 Å². The van der Waals surface area contributed by atoms with Crippen LogP contribution in [0.15, 0.2) is 51.1 Å². The highest BCUT2D eigenvalue weighted by Crippen LogP contribution is 2.43. The molecular formula is C24H21N3O5S. The molecule has 2 aromatic carbocycles. The summed E-state index contributed by atoms with van der Waals surface area (Å²) >= 11 is 1.21. The normalized spacial score (nSPS) is 15.2. The van der Waals surface area contributed by atoms with Crippen LogP contribution >= 0.6 is 11.3 Å². The van der Waals surface area contributed by atoms with Crippen molar-refractivity contribution in [2.75, 3.05) is 18.6 Å². The molecule has 0 radical (unpaired) electrons. The summed E-state index contributed by atoms with van der Waals surface area (Å²) in [4.78, 5) is 28.6. The number of methoxy groups -OCH3 is 1. The van der Waals surface area contributed by atoms with Gasteiger partial charge in [-0.25, -0.2) is 0 Å². The Morgan fingerprint density at radius 3 is 2.73 bits per heavy atom. The van der Waals surface area contributed by atoms with Crippen molar-refractivity contribution >= 4 is 33.3 Å². The van der Waals surface area contributed by atoms with Crippen LogP contribution in [0, 0.1) is 6.92 Å². The molecule has 4 aromatic rings. The topological polar surface area (TPSA) is 94.8 Å². The molecule has 8 nitrogen and oxygen atoms in total. The summed E-state index contributed by atoms with van der Waals surface area (Å²) in [5, 5.41) is 8.79. The molecule has 0 N–H and O–H groups in total. The molecule has 0 spiro atoms. The van der Waals surface area contributed by atoms with E-state index in [-0.39, 0.29) is 16.8 Å². The zero-order valence-corrected chi connectivity index (χ0v) is 19.1. The maximum absolute atomic E-state index is 13.7. The molecule has 9 heteroatoms. The highest BCUT2D eigenvalue weighted by molar-refractivity contribution is 7.13. The van der Waals surface area contributed by atoms with Gasteiger partial charge in [-0.2, -0.15) is 0 Å². The van der Waals surface area contributed by atoms with E-state index in [2.05, 4.69) is 10.2 Å². The summed E-state index contributed by atoms with van der Waals surface area (Å²) in [6.45, 7) is 4.47. The number of ether oxygens (including phenoxy) is 2. The third kappa shape index (κ3) is 3.45. The minimum Gasteiger partial charge on any atom is -0.493 e. The van der Waals surface area contributed by atoms with Gasteiger partial charge in [-0.1, -0.05) is 36.0 Å². The Kier molecular flexibility index (Phi) is 5.33. The molecule has 5 rings (SSSR count). The van der Waals surface area contributed by atoms with Crippen LogP contribution in [0.2, 0.25) is 0 Å². The molecule has 168 valence electrons. The second-order valence-electron chi connectivity index (χ2n) is 7.73. The van der Waals surface area contributed by atoms with Crippen molar-refractivity contribution in [1.82, 2.24) is 10.2 Å². The third-order valence-corrected chi connectivity index (χ3v) is 6.23. The van der Waals surface area contributed by atoms with E-state index in [1.165, 1.54) is 16.2 Å². The molecule has 1 unspecified atom stereocenters. The van der Waals surface area contributed by atoms with Gasteiger partial charge < -0.3 is 13.9 Å². The first-order valence-electron chi connectivity index (χ1n) is 10.5. The van der Waals surface area contributed by atoms with Crippen molar-refractivity contribution in [3.63, 3.8) is 0 Å². The van der Waals surface area contributed by atoms with E-state index < -0.39 is 11.9 Å². The molecular weight excluding hydrogens is 442 g/mol. The van der Waals surface area contributed by atoms with Crippen molar-refractivity contribution in [2.45, 2.75) is 26.3 Å². The molecule has 0 fully saturated rings. The number of carbonyl (C=O) groups is 1. The number of hydrogen-bond acceptors (Lipinski definition) is 8. The Morgan fingerprint density at radius 1 is 1.15 bits per heavy atom. The zero-order chi connectivity index (χ0) is 23.1. The molecule has 0 aliphatic carbocycles. The van der Waals surface area contributed by atoms with Gasteiger partial charge in [0.15, 0.2) is 16.9 Å². The molecule has 1 amide bonds. The fraction of sp³-hybridized carbons (Fsp3) is 0.250. The van der Waals surface area contributed by atoms with Gasteiger partial charge in [-0.05, 0) is 43.2 Å². The van der Waals surface area contributed by atoms with Gasteiger partial charge in [0.25, 0.3) is 5.91 Å². The van der Waals surface area contributed by atoms with E-state index in [0.717, 1.165) is 12.0 Å². The summed E-state index contributed by atoms with van der Waals surface area (Å²) in [6.07, 6.45) is 0.855. The van der Waals surface area contributed by atoms with Crippen molar-refractivity contribution in [1.29, 1.82) is 0 Å². The first kappa shape index (κ1) is 21.1. The van der Waals surface area contributed by atoms with Crippen LogP contribution in [-0.4, -0.2) is 29.8 Å². The molecule has 1 aliphatic rings. The third-order valence-electron chi connectivity index (χ3n) is 5.55. The van der Waals surface area contributed by atoms with Gasteiger partial charge in [0, 0.05) is 0 Å². The van der Waals surface area contributed by atoms with E-state index in [0.29, 0.717) is 39.8 Å². The lowest BCUT2D eigenvalue weighted by atomic mass is 9.98. The molecule has 1 aliphatic heterocycles. The lowest BCUT2D eigenvalue weighted by molar-refractivity contribution is 0.0970. The summed E-state index contributed by atoms with van der Waals surface area (Å²) in [7, 11) is 1.55. The standard InChI is InChI=1S/C24H21N3O5S/c1-4-9-31-17-8-6-14(11-18(17)30-3)20-19-21(28)15-10-13(2)5-7-16(15)32-22(19)23(29)27(20)24-26-25-12-33-24/h5-8,10-12,20H,4,9H2,1-3H3. The summed E-state index contributed by atoms with van der Waals surface area (Å²) < 4.78 is 17.3. The SMILES string of the molecule is CCCOc1ccc(C2c3c(oc4ccc(C)cc4c3=O)C(=O)N2c2nncs2)cc1OC. The number of rotatable bonds is 6. The minimum atomic E-state index is -0.740. The van der Waals surface area contributed by atoms with Gasteiger partial charge in [0.2, 0.25) is 10.9 Å². The van der Waals surface area contributed by atoms with Crippen LogP contribution in [0.25, 0.3) is 11.0 Å². The van der Waals surface area contributed by atoms with E-state index in [1.54, 1.807) is 36.9 Å². The number of benzene rings is 2. The lowest BCUT2D eigenvalue weighted by Crippen LogP contribution is -2.29. The van der Waals surface area contributed by atoms with E-state index in [9.17, 15) is 9.59 Å². The van der Waals surface area contributed by atoms with Gasteiger partial charge in [-0.3, -0.25) is 14.5 Å². The predicted octanol–water partition coefficient (Wildman–Crippen LogP) is 4.50. The Bertz CT molecular complexity index is 1410. The molecule has 1 atom stereocenters. The molecule has 2 aromatic heterocycles. The van der Waals surface area contributed by atoms with Crippen LogP contribution < -0.4 is 19.8 Å². The van der Waals surface area contributed by atoms with Gasteiger partial charge in [-0.15, -0.1) is 10.2 Å². The average Bonchev–Trinajstić information content (AvgIpc) is 3.45. The number of anilines is 1. The van der Waals surface area contributed by atoms with Crippen LogP contribution in [0.1, 0.15) is 46.6 Å². The Morgan fingerprint density at radius 2 is 2.00 bits per heavy atom. The van der Waals surface area contributed by atoms with Gasteiger partial charge in [0.05, 0.1) is 30.7 Å². The van der Waals surface area contributed by atoms with Crippen molar-refractivity contribution in [3.8, 4) is 11.5 Å². The smallest absolute Gasteiger partial charge is 0.297 e. The fourth-order valence-corrected chi connectivity index (χ4v) is 4.64. The lowest BCUT2D eigenvalue weighted by Gasteiger charge is -2.23. The van der Waals surface area contributed by atoms with Crippen LogP contribution in [0.5, 0.6) is 11.5 Å². The maximum atomic E-state index is 13.7. The largest absolute Gasteiger partial charge is 0.493 e. The first-order valence-corrected chi connectivity index (χ1v) is 11.4. The highest BCUT2D eigenvalue weighted by Gasteiger charge is 2.45. The number of fused-ring (bicyclic) bond motifs is 2. The Balaban J connectivity index is 1.74. The van der Waals surface area contributed by atoms with Gasteiger partial charge in [0.1, 0.15) is 11.1 Å². The van der Waals surface area contributed by atoms with Crippen LogP contribution in [0.4, 0.5) is 5.13 Å². The van der Waals surface area contributed by atoms with Crippen LogP contribution in [0.3, 0.4) is 0 Å². The molecule has 0 saturated heterocycles. The van der Waals surface area contributed by atoms with Crippen molar-refractivity contribution in [3.05, 3.63) is 74.6 Å². The van der Waals surface area contributed by atoms with Crippen molar-refractivity contribution < 1.29 is 18.7 Å². The Hall–Kier alpha value is -3.72. The molecule has 3 heterocycles. The summed E-state index contributed by atoms with van der Waals surface area (Å²) in [5.41, 5.74) is 3.55. The molecule has 0 saturated carbocycles. The van der Waals surface area contributed by atoms with Crippen molar-refractivity contribution in [2.24, 2.45) is 0 Å². The number of carbonyl (C=O) groups excluding carboxylic acids is 1. The monoisotopic (exact) mass is 463 g/mol. The first-order chi connectivity index (χ1) is 16.0. The number of nitrogens with zero attached hydrogens (tertiary/aromatic N) is 3. The van der Waals surface area contributed by atoms with E-state index >= 15 is 0 Å². The van der Waals surface area contributed by atoms with Crippen LogP contribution in [-0.2, 0) is 0 Å². The zero-order valence-electron chi connectivity index (χ0n) is 18.3. The minimum absolute atomic E-state index is 0.0156.